The van der Waals surface area contributed by atoms with E-state index < -0.39 is 0 Å². The molecular weight excluding hydrogens is 237 g/mol. The molecule has 0 radical (unpaired) electrons. The Labute approximate surface area is 107 Å². The first-order valence-corrected chi connectivity index (χ1v) is 7.17. The highest BCUT2D eigenvalue weighted by atomic mass is 32.2. The lowest BCUT2D eigenvalue weighted by Crippen LogP contribution is -2.29. The quantitative estimate of drug-likeness (QED) is 0.820. The highest BCUT2D eigenvalue weighted by Crippen LogP contribution is 2.21. The summed E-state index contributed by atoms with van der Waals surface area (Å²) < 4.78 is 13.6. The molecule has 2 N–H and O–H groups in total. The number of halogens is 1. The van der Waals surface area contributed by atoms with Crippen LogP contribution in [0.15, 0.2) is 18.2 Å². The first-order chi connectivity index (χ1) is 8.04. The minimum absolute atomic E-state index is 0.0334. The largest absolute Gasteiger partial charge is 0.508 e. The van der Waals surface area contributed by atoms with Crippen LogP contribution in [0.25, 0.3) is 0 Å². The lowest BCUT2D eigenvalue weighted by molar-refractivity contribution is 0.446. The zero-order chi connectivity index (χ0) is 12.8. The number of thioether (sulfide) groups is 1. The van der Waals surface area contributed by atoms with E-state index in [-0.39, 0.29) is 17.6 Å². The molecule has 4 heteroatoms. The summed E-state index contributed by atoms with van der Waals surface area (Å²) in [6.07, 6.45) is 3.14. The van der Waals surface area contributed by atoms with Crippen molar-refractivity contribution in [3.05, 3.63) is 29.6 Å². The second kappa shape index (κ2) is 6.87. The average molecular weight is 257 g/mol. The fraction of sp³-hybridized carbons (Fsp3) is 0.538. The van der Waals surface area contributed by atoms with E-state index in [9.17, 15) is 4.39 Å². The van der Waals surface area contributed by atoms with E-state index in [0.717, 1.165) is 18.2 Å². The van der Waals surface area contributed by atoms with Gasteiger partial charge in [-0.25, -0.2) is 4.39 Å². The van der Waals surface area contributed by atoms with Gasteiger partial charge < -0.3 is 10.4 Å². The Morgan fingerprint density at radius 2 is 2.12 bits per heavy atom. The average Bonchev–Trinajstić information content (AvgIpc) is 2.26. The van der Waals surface area contributed by atoms with Crippen LogP contribution >= 0.6 is 11.8 Å². The fourth-order valence-electron chi connectivity index (χ4n) is 1.76. The van der Waals surface area contributed by atoms with Crippen LogP contribution < -0.4 is 5.32 Å². The van der Waals surface area contributed by atoms with Crippen LogP contribution in [0.1, 0.15) is 31.9 Å². The molecule has 0 saturated heterocycles. The maximum atomic E-state index is 13.6. The van der Waals surface area contributed by atoms with Crippen LogP contribution in [0.2, 0.25) is 0 Å². The highest BCUT2D eigenvalue weighted by molar-refractivity contribution is 7.98. The molecule has 0 bridgehead atoms. The van der Waals surface area contributed by atoms with Gasteiger partial charge in [-0.1, -0.05) is 6.07 Å². The Kier molecular flexibility index (Phi) is 5.78. The van der Waals surface area contributed by atoms with E-state index in [2.05, 4.69) is 18.5 Å². The molecule has 0 heterocycles. The van der Waals surface area contributed by atoms with Gasteiger partial charge in [-0.05, 0) is 38.3 Å². The number of nitrogens with one attached hydrogen (secondary N) is 1. The third-order valence-electron chi connectivity index (χ3n) is 2.74. The van der Waals surface area contributed by atoms with Gasteiger partial charge in [-0.15, -0.1) is 0 Å². The lowest BCUT2D eigenvalue weighted by atomic mass is 10.1. The van der Waals surface area contributed by atoms with Gasteiger partial charge in [-0.3, -0.25) is 0 Å². The predicted octanol–water partition coefficient (Wildman–Crippen LogP) is 3.32. The van der Waals surface area contributed by atoms with Gasteiger partial charge in [0.15, 0.2) is 0 Å². The molecule has 0 spiro atoms. The maximum absolute atomic E-state index is 13.6. The summed E-state index contributed by atoms with van der Waals surface area (Å²) in [4.78, 5) is 0. The molecule has 2 unspecified atom stereocenters. The molecule has 0 aliphatic heterocycles. The summed E-state index contributed by atoms with van der Waals surface area (Å²) in [5.41, 5.74) is 0.596. The third-order valence-corrected chi connectivity index (χ3v) is 3.38. The van der Waals surface area contributed by atoms with Crippen LogP contribution in [0.4, 0.5) is 4.39 Å². The smallest absolute Gasteiger partial charge is 0.131 e. The van der Waals surface area contributed by atoms with Gasteiger partial charge in [0.1, 0.15) is 11.6 Å². The summed E-state index contributed by atoms with van der Waals surface area (Å²) in [6, 6.07) is 4.60. The number of phenols is 1. The van der Waals surface area contributed by atoms with Gasteiger partial charge in [0.2, 0.25) is 0 Å². The van der Waals surface area contributed by atoms with Crippen molar-refractivity contribution in [1.29, 1.82) is 0 Å². The van der Waals surface area contributed by atoms with E-state index in [4.69, 9.17) is 5.11 Å². The van der Waals surface area contributed by atoms with Crippen LogP contribution in [0, 0.1) is 5.82 Å². The van der Waals surface area contributed by atoms with Crippen LogP contribution in [0.3, 0.4) is 0 Å². The fourth-order valence-corrected chi connectivity index (χ4v) is 2.35. The van der Waals surface area contributed by atoms with Crippen LogP contribution in [-0.2, 0) is 0 Å². The van der Waals surface area contributed by atoms with E-state index >= 15 is 0 Å². The van der Waals surface area contributed by atoms with E-state index in [0.29, 0.717) is 11.6 Å². The zero-order valence-corrected chi connectivity index (χ0v) is 11.4. The minimum Gasteiger partial charge on any atom is -0.508 e. The van der Waals surface area contributed by atoms with Gasteiger partial charge in [0.25, 0.3) is 0 Å². The van der Waals surface area contributed by atoms with Crippen molar-refractivity contribution in [3.8, 4) is 5.75 Å². The van der Waals surface area contributed by atoms with Crippen molar-refractivity contribution in [2.45, 2.75) is 32.4 Å². The molecule has 0 amide bonds. The van der Waals surface area contributed by atoms with Crippen LogP contribution in [0.5, 0.6) is 5.75 Å². The zero-order valence-electron chi connectivity index (χ0n) is 10.5. The minimum atomic E-state index is -0.359. The molecule has 1 aromatic rings. The summed E-state index contributed by atoms with van der Waals surface area (Å²) in [5, 5.41) is 12.5. The predicted molar refractivity (Wildman–Crippen MR) is 72.1 cm³/mol. The first-order valence-electron chi connectivity index (χ1n) is 5.78. The summed E-state index contributed by atoms with van der Waals surface area (Å²) in [6.45, 7) is 4.04. The van der Waals surface area contributed by atoms with Crippen molar-refractivity contribution in [3.63, 3.8) is 0 Å². The van der Waals surface area contributed by atoms with Crippen molar-refractivity contribution in [2.24, 2.45) is 0 Å². The third kappa shape index (κ3) is 4.56. The molecule has 0 saturated carbocycles. The molecule has 2 nitrogen and oxygen atoms in total. The van der Waals surface area contributed by atoms with Crippen molar-refractivity contribution < 1.29 is 9.50 Å². The summed E-state index contributed by atoms with van der Waals surface area (Å²) in [7, 11) is 0. The lowest BCUT2D eigenvalue weighted by Gasteiger charge is -2.20. The molecule has 96 valence electrons. The molecule has 0 aliphatic rings. The second-order valence-corrected chi connectivity index (χ2v) is 5.26. The van der Waals surface area contributed by atoms with Gasteiger partial charge in [0, 0.05) is 23.7 Å². The molecule has 2 atom stereocenters. The van der Waals surface area contributed by atoms with E-state index in [1.54, 1.807) is 6.07 Å². The van der Waals surface area contributed by atoms with Crippen molar-refractivity contribution in [2.75, 3.05) is 12.0 Å². The normalized spacial score (nSPS) is 14.6. The number of aromatic hydroxyl groups is 1. The number of rotatable bonds is 6. The highest BCUT2D eigenvalue weighted by Gasteiger charge is 2.13. The number of benzene rings is 1. The SMILES string of the molecule is CSCCC(C)NC(C)c1ccc(O)cc1F. The molecular formula is C13H20FNOS. The molecule has 1 rings (SSSR count). The summed E-state index contributed by atoms with van der Waals surface area (Å²) >= 11 is 1.81. The topological polar surface area (TPSA) is 32.3 Å². The Hall–Kier alpha value is -0.740. The Morgan fingerprint density at radius 1 is 1.41 bits per heavy atom. The Morgan fingerprint density at radius 3 is 2.71 bits per heavy atom. The molecule has 0 aliphatic carbocycles. The Bertz CT molecular complexity index is 359. The standard InChI is InChI=1S/C13H20FNOS/c1-9(6-7-17-3)15-10(2)12-5-4-11(16)8-13(12)14/h4-5,8-10,15-16H,6-7H2,1-3H3. The monoisotopic (exact) mass is 257 g/mol. The first kappa shape index (κ1) is 14.3. The molecule has 0 fully saturated rings. The number of hydrogen-bond acceptors (Lipinski definition) is 3. The van der Waals surface area contributed by atoms with E-state index in [1.165, 1.54) is 6.07 Å². The van der Waals surface area contributed by atoms with E-state index in [1.807, 2.05) is 18.7 Å². The van der Waals surface area contributed by atoms with Gasteiger partial charge in [0.05, 0.1) is 0 Å². The Balaban J connectivity index is 2.60. The van der Waals surface area contributed by atoms with Crippen LogP contribution in [-0.4, -0.2) is 23.2 Å². The number of hydrogen-bond donors (Lipinski definition) is 2. The number of phenolic OH excluding ortho intramolecular Hbond substituents is 1. The molecule has 17 heavy (non-hydrogen) atoms. The van der Waals surface area contributed by atoms with Crippen molar-refractivity contribution in [1.82, 2.24) is 5.32 Å². The molecule has 1 aromatic carbocycles. The van der Waals surface area contributed by atoms with Gasteiger partial charge >= 0.3 is 0 Å². The van der Waals surface area contributed by atoms with Crippen molar-refractivity contribution >= 4 is 11.8 Å². The summed E-state index contributed by atoms with van der Waals surface area (Å²) in [5.74, 6) is 0.704. The second-order valence-electron chi connectivity index (χ2n) is 4.28. The van der Waals surface area contributed by atoms with Gasteiger partial charge in [-0.2, -0.15) is 11.8 Å². The maximum Gasteiger partial charge on any atom is 0.131 e. The molecule has 0 aromatic heterocycles.